The molecule has 1 N–H and O–H groups in total. The average Bonchev–Trinajstić information content (AvgIpc) is 2.76. The van der Waals surface area contributed by atoms with Crippen molar-refractivity contribution in [2.24, 2.45) is 0 Å². The molecule has 2 amide bonds. The number of nitrogens with zero attached hydrogens (tertiary/aromatic N) is 2. The molecule has 34 heavy (non-hydrogen) atoms. The average molecular weight is 508 g/mol. The highest BCUT2D eigenvalue weighted by Gasteiger charge is 2.30. The van der Waals surface area contributed by atoms with Gasteiger partial charge in [0.2, 0.25) is 21.8 Å². The molecule has 7 nitrogen and oxygen atoms in total. The van der Waals surface area contributed by atoms with Crippen LogP contribution in [0, 0.1) is 13.8 Å². The van der Waals surface area contributed by atoms with Crippen molar-refractivity contribution in [3.8, 4) is 0 Å². The number of amides is 2. The Labute approximate surface area is 208 Å². The molecule has 0 radical (unpaired) electrons. The summed E-state index contributed by atoms with van der Waals surface area (Å²) in [5, 5.41) is 3.26. The van der Waals surface area contributed by atoms with Crippen LogP contribution >= 0.6 is 11.6 Å². The lowest BCUT2D eigenvalue weighted by Crippen LogP contribution is -2.51. The zero-order valence-corrected chi connectivity index (χ0v) is 22.0. The summed E-state index contributed by atoms with van der Waals surface area (Å²) in [6.07, 6.45) is 2.81. The van der Waals surface area contributed by atoms with E-state index in [9.17, 15) is 18.0 Å². The van der Waals surface area contributed by atoms with Gasteiger partial charge in [0.15, 0.2) is 0 Å². The van der Waals surface area contributed by atoms with Crippen molar-refractivity contribution in [1.82, 2.24) is 10.2 Å². The predicted octanol–water partition coefficient (Wildman–Crippen LogP) is 4.06. The smallest absolute Gasteiger partial charge is 0.244 e. The molecule has 2 aromatic carbocycles. The fourth-order valence-electron chi connectivity index (χ4n) is 3.48. The zero-order chi connectivity index (χ0) is 25.5. The van der Waals surface area contributed by atoms with E-state index in [1.54, 1.807) is 19.1 Å². The van der Waals surface area contributed by atoms with Gasteiger partial charge in [-0.2, -0.15) is 0 Å². The summed E-state index contributed by atoms with van der Waals surface area (Å²) in [5.41, 5.74) is 2.97. The Bertz CT molecular complexity index is 1120. The lowest BCUT2D eigenvalue weighted by molar-refractivity contribution is -0.139. The number of hydrogen-bond acceptors (Lipinski definition) is 4. The van der Waals surface area contributed by atoms with Gasteiger partial charge in [0.1, 0.15) is 12.6 Å². The summed E-state index contributed by atoms with van der Waals surface area (Å²) in [7, 11) is -3.79. The fraction of sp³-hybridized carbons (Fsp3) is 0.440. The molecule has 0 saturated carbocycles. The monoisotopic (exact) mass is 507 g/mol. The lowest BCUT2D eigenvalue weighted by Gasteiger charge is -2.31. The molecule has 186 valence electrons. The molecule has 0 spiro atoms. The quantitative estimate of drug-likeness (QED) is 0.465. The summed E-state index contributed by atoms with van der Waals surface area (Å²) >= 11 is 6.21. The normalized spacial score (nSPS) is 12.2. The Morgan fingerprint density at radius 3 is 2.41 bits per heavy atom. The van der Waals surface area contributed by atoms with Crippen LogP contribution in [0.2, 0.25) is 5.02 Å². The maximum Gasteiger partial charge on any atom is 0.244 e. The number of hydrogen-bond donors (Lipinski definition) is 1. The van der Waals surface area contributed by atoms with Gasteiger partial charge in [-0.15, -0.1) is 0 Å². The number of nitrogens with one attached hydrogen (secondary N) is 1. The van der Waals surface area contributed by atoms with E-state index in [0.29, 0.717) is 17.3 Å². The minimum absolute atomic E-state index is 0.176. The summed E-state index contributed by atoms with van der Waals surface area (Å²) in [6, 6.07) is 11.7. The second-order valence-electron chi connectivity index (χ2n) is 8.53. The number of aryl methyl sites for hydroxylation is 2. The van der Waals surface area contributed by atoms with Crippen molar-refractivity contribution < 1.29 is 18.0 Å². The molecule has 0 aliphatic carbocycles. The van der Waals surface area contributed by atoms with Gasteiger partial charge < -0.3 is 10.2 Å². The van der Waals surface area contributed by atoms with E-state index < -0.39 is 28.5 Å². The van der Waals surface area contributed by atoms with Crippen molar-refractivity contribution in [3.63, 3.8) is 0 Å². The molecule has 1 atom stereocenters. The van der Waals surface area contributed by atoms with Gasteiger partial charge in [-0.1, -0.05) is 60.8 Å². The maximum absolute atomic E-state index is 13.5. The van der Waals surface area contributed by atoms with Crippen LogP contribution in [0.15, 0.2) is 42.5 Å². The van der Waals surface area contributed by atoms with Gasteiger partial charge >= 0.3 is 0 Å². The standard InChI is InChI=1S/C25H34ClN3O4S/c1-6-7-13-27-25(31)20(4)28(16-21-10-8-9-18(2)14-21)24(30)17-29(34(5,32)33)22-12-11-19(3)23(26)15-22/h8-12,14-15,20H,6-7,13,16-17H2,1-5H3,(H,27,31)/t20-/m0/s1. The first-order valence-corrected chi connectivity index (χ1v) is 13.5. The molecular formula is C25H34ClN3O4S. The summed E-state index contributed by atoms with van der Waals surface area (Å²) in [6.45, 7) is 7.69. The molecule has 0 bridgehead atoms. The van der Waals surface area contributed by atoms with Crippen LogP contribution in [-0.4, -0.2) is 50.5 Å². The van der Waals surface area contributed by atoms with Gasteiger partial charge in [0, 0.05) is 18.1 Å². The number of rotatable bonds is 11. The van der Waals surface area contributed by atoms with Gasteiger partial charge in [0.25, 0.3) is 0 Å². The third-order valence-electron chi connectivity index (χ3n) is 5.55. The van der Waals surface area contributed by atoms with Crippen molar-refractivity contribution in [3.05, 3.63) is 64.2 Å². The third-order valence-corrected chi connectivity index (χ3v) is 7.10. The number of carbonyl (C=O) groups excluding carboxylic acids is 2. The van der Waals surface area contributed by atoms with E-state index in [1.807, 2.05) is 45.0 Å². The highest BCUT2D eigenvalue weighted by atomic mass is 35.5. The van der Waals surface area contributed by atoms with Crippen LogP contribution in [0.5, 0.6) is 0 Å². The molecule has 0 unspecified atom stereocenters. The minimum Gasteiger partial charge on any atom is -0.354 e. The van der Waals surface area contributed by atoms with E-state index in [0.717, 1.165) is 40.1 Å². The van der Waals surface area contributed by atoms with E-state index in [2.05, 4.69) is 5.32 Å². The lowest BCUT2D eigenvalue weighted by atomic mass is 10.1. The van der Waals surface area contributed by atoms with Crippen LogP contribution in [0.25, 0.3) is 0 Å². The molecule has 2 aromatic rings. The Balaban J connectivity index is 2.37. The molecular weight excluding hydrogens is 474 g/mol. The number of sulfonamides is 1. The number of halogens is 1. The molecule has 2 rings (SSSR count). The second-order valence-corrected chi connectivity index (χ2v) is 10.8. The number of unbranched alkanes of at least 4 members (excludes halogenated alkanes) is 1. The summed E-state index contributed by atoms with van der Waals surface area (Å²) < 4.78 is 26.2. The van der Waals surface area contributed by atoms with E-state index >= 15 is 0 Å². The topological polar surface area (TPSA) is 86.8 Å². The molecule has 0 saturated heterocycles. The van der Waals surface area contributed by atoms with Gasteiger partial charge in [0.05, 0.1) is 11.9 Å². The van der Waals surface area contributed by atoms with Gasteiger partial charge in [-0.3, -0.25) is 13.9 Å². The minimum atomic E-state index is -3.79. The number of carbonyl (C=O) groups is 2. The molecule has 9 heteroatoms. The van der Waals surface area contributed by atoms with Crippen LogP contribution in [0.3, 0.4) is 0 Å². The van der Waals surface area contributed by atoms with Gasteiger partial charge in [-0.05, 0) is 50.5 Å². The first-order valence-electron chi connectivity index (χ1n) is 11.3. The highest BCUT2D eigenvalue weighted by Crippen LogP contribution is 2.25. The van der Waals surface area contributed by atoms with Crippen LogP contribution in [0.4, 0.5) is 5.69 Å². The molecule has 0 heterocycles. The van der Waals surface area contributed by atoms with Crippen molar-refractivity contribution in [1.29, 1.82) is 0 Å². The predicted molar refractivity (Wildman–Crippen MR) is 137 cm³/mol. The first kappa shape index (κ1) is 27.7. The SMILES string of the molecule is CCCCNC(=O)[C@H](C)N(Cc1cccc(C)c1)C(=O)CN(c1ccc(C)c(Cl)c1)S(C)(=O)=O. The van der Waals surface area contributed by atoms with Crippen molar-refractivity contribution in [2.75, 3.05) is 23.7 Å². The van der Waals surface area contributed by atoms with E-state index in [4.69, 9.17) is 11.6 Å². The maximum atomic E-state index is 13.5. The van der Waals surface area contributed by atoms with Crippen LogP contribution in [0.1, 0.15) is 43.4 Å². The van der Waals surface area contributed by atoms with E-state index in [1.165, 1.54) is 11.0 Å². The van der Waals surface area contributed by atoms with Crippen molar-refractivity contribution >= 4 is 39.1 Å². The summed E-state index contributed by atoms with van der Waals surface area (Å²) in [5.74, 6) is -0.763. The number of benzene rings is 2. The molecule has 0 aliphatic rings. The highest BCUT2D eigenvalue weighted by molar-refractivity contribution is 7.92. The zero-order valence-electron chi connectivity index (χ0n) is 20.5. The largest absolute Gasteiger partial charge is 0.354 e. The Morgan fingerprint density at radius 2 is 1.82 bits per heavy atom. The van der Waals surface area contributed by atoms with Crippen molar-refractivity contribution in [2.45, 2.75) is 53.1 Å². The summed E-state index contributed by atoms with van der Waals surface area (Å²) in [4.78, 5) is 27.7. The molecule has 0 fully saturated rings. The van der Waals surface area contributed by atoms with Gasteiger partial charge in [-0.25, -0.2) is 8.42 Å². The third kappa shape index (κ3) is 7.74. The Morgan fingerprint density at radius 1 is 1.12 bits per heavy atom. The van der Waals surface area contributed by atoms with Crippen LogP contribution < -0.4 is 9.62 Å². The fourth-order valence-corrected chi connectivity index (χ4v) is 4.49. The molecule has 0 aromatic heterocycles. The Kier molecular flexibility index (Phi) is 9.94. The van der Waals surface area contributed by atoms with E-state index in [-0.39, 0.29) is 12.5 Å². The number of anilines is 1. The van der Waals surface area contributed by atoms with Crippen LogP contribution in [-0.2, 0) is 26.2 Å². The second kappa shape index (κ2) is 12.2. The first-order chi connectivity index (χ1) is 15.9. The Hall–Kier alpha value is -2.58. The molecule has 0 aliphatic heterocycles.